The third kappa shape index (κ3) is 3.56. The van der Waals surface area contributed by atoms with Gasteiger partial charge in [-0.25, -0.2) is 0 Å². The summed E-state index contributed by atoms with van der Waals surface area (Å²) >= 11 is 0. The van der Waals surface area contributed by atoms with Gasteiger partial charge in [0.2, 0.25) is 5.89 Å². The molecule has 0 fully saturated rings. The highest BCUT2D eigenvalue weighted by Gasteiger charge is 2.32. The quantitative estimate of drug-likeness (QED) is 0.501. The summed E-state index contributed by atoms with van der Waals surface area (Å²) in [5, 5.41) is 16.9. The Morgan fingerprint density at radius 3 is 2.81 bits per heavy atom. The van der Waals surface area contributed by atoms with Crippen LogP contribution >= 0.6 is 0 Å². The van der Waals surface area contributed by atoms with Crippen molar-refractivity contribution < 1.29 is 18.8 Å². The van der Waals surface area contributed by atoms with Gasteiger partial charge in [0.15, 0.2) is 0 Å². The van der Waals surface area contributed by atoms with Gasteiger partial charge in [0.05, 0.1) is 12.1 Å². The van der Waals surface area contributed by atoms with E-state index in [0.717, 1.165) is 5.56 Å². The molecule has 0 aliphatic carbocycles. The number of hydrogen-bond acceptors (Lipinski definition) is 8. The number of hydrogen-bond donors (Lipinski definition) is 2. The van der Waals surface area contributed by atoms with E-state index in [1.54, 1.807) is 19.2 Å². The van der Waals surface area contributed by atoms with Gasteiger partial charge < -0.3 is 19.5 Å². The van der Waals surface area contributed by atoms with E-state index < -0.39 is 11.9 Å². The molecule has 1 aliphatic rings. The monoisotopic (exact) mass is 419 g/mol. The number of H-pyrrole nitrogens is 1. The highest BCUT2D eigenvalue weighted by atomic mass is 16.5. The predicted octanol–water partition coefficient (Wildman–Crippen LogP) is 1.09. The first-order valence-corrected chi connectivity index (χ1v) is 9.51. The summed E-state index contributed by atoms with van der Waals surface area (Å²) in [7, 11) is 1.60. The third-order valence-electron chi connectivity index (χ3n) is 4.97. The van der Waals surface area contributed by atoms with E-state index in [4.69, 9.17) is 9.26 Å². The van der Waals surface area contributed by atoms with E-state index in [1.165, 1.54) is 4.90 Å². The number of aromatic nitrogens is 5. The van der Waals surface area contributed by atoms with Crippen LogP contribution in [0.1, 0.15) is 22.1 Å². The van der Waals surface area contributed by atoms with Crippen molar-refractivity contribution in [2.24, 2.45) is 0 Å². The van der Waals surface area contributed by atoms with E-state index in [-0.39, 0.29) is 18.3 Å². The van der Waals surface area contributed by atoms with Gasteiger partial charge in [-0.05, 0) is 11.6 Å². The zero-order chi connectivity index (χ0) is 21.4. The van der Waals surface area contributed by atoms with Gasteiger partial charge in [0.25, 0.3) is 17.6 Å². The van der Waals surface area contributed by atoms with Gasteiger partial charge in [-0.3, -0.25) is 9.59 Å². The van der Waals surface area contributed by atoms with Crippen LogP contribution in [0.15, 0.2) is 47.0 Å². The Labute approximate surface area is 175 Å². The number of amides is 2. The first kappa shape index (κ1) is 18.7. The molecule has 0 saturated heterocycles. The van der Waals surface area contributed by atoms with Crippen LogP contribution in [0.25, 0.3) is 11.0 Å². The van der Waals surface area contributed by atoms with Crippen molar-refractivity contribution in [3.8, 4) is 5.75 Å². The van der Waals surface area contributed by atoms with Crippen LogP contribution in [0.2, 0.25) is 0 Å². The van der Waals surface area contributed by atoms with Gasteiger partial charge in [0, 0.05) is 13.1 Å². The summed E-state index contributed by atoms with van der Waals surface area (Å²) in [5.41, 5.74) is 2.72. The average Bonchev–Trinajstić information content (AvgIpc) is 3.42. The summed E-state index contributed by atoms with van der Waals surface area (Å²) < 4.78 is 10.9. The summed E-state index contributed by atoms with van der Waals surface area (Å²) in [4.78, 5) is 31.1. The lowest BCUT2D eigenvalue weighted by atomic mass is 10.1. The Hall–Kier alpha value is -4.28. The number of rotatable bonds is 4. The maximum atomic E-state index is 12.9. The van der Waals surface area contributed by atoms with Crippen LogP contribution in [0.5, 0.6) is 5.75 Å². The molecule has 11 nitrogen and oxygen atoms in total. The van der Waals surface area contributed by atoms with Gasteiger partial charge in [-0.1, -0.05) is 35.5 Å². The van der Waals surface area contributed by atoms with Gasteiger partial charge in [0.1, 0.15) is 29.4 Å². The molecule has 0 radical (unpaired) electrons. The second kappa shape index (κ2) is 7.52. The molecule has 2 aromatic heterocycles. The minimum absolute atomic E-state index is 0.0556. The molecule has 2 amide bonds. The second-order valence-corrected chi connectivity index (χ2v) is 7.04. The lowest BCUT2D eigenvalue weighted by Crippen LogP contribution is -2.49. The Kier molecular flexibility index (Phi) is 4.54. The van der Waals surface area contributed by atoms with Crippen LogP contribution in [0.3, 0.4) is 0 Å². The number of fused-ring (bicyclic) bond motifs is 2. The maximum Gasteiger partial charge on any atom is 0.293 e. The van der Waals surface area contributed by atoms with E-state index in [2.05, 4.69) is 30.9 Å². The average molecular weight is 419 g/mol. The zero-order valence-corrected chi connectivity index (χ0v) is 16.4. The van der Waals surface area contributed by atoms with Crippen LogP contribution in [0, 0.1) is 0 Å². The summed E-state index contributed by atoms with van der Waals surface area (Å²) in [6.45, 7) is -0.0556. The van der Waals surface area contributed by atoms with Crippen molar-refractivity contribution in [2.75, 3.05) is 18.6 Å². The summed E-state index contributed by atoms with van der Waals surface area (Å²) in [6, 6.07) is 12.0. The molecule has 0 saturated carbocycles. The molecule has 0 spiro atoms. The number of likely N-dealkylation sites (N-methyl/N-ethyl adjacent to an activating group) is 1. The second-order valence-electron chi connectivity index (χ2n) is 7.04. The molecule has 5 rings (SSSR count). The topological polar surface area (TPSA) is 139 Å². The van der Waals surface area contributed by atoms with E-state index in [1.807, 2.05) is 30.3 Å². The molecule has 3 heterocycles. The third-order valence-corrected chi connectivity index (χ3v) is 4.97. The predicted molar refractivity (Wildman–Crippen MR) is 108 cm³/mol. The van der Waals surface area contributed by atoms with Crippen LogP contribution in [-0.2, 0) is 11.2 Å². The van der Waals surface area contributed by atoms with Crippen molar-refractivity contribution >= 4 is 28.5 Å². The SMILES string of the molecule is CN1C(=O)[C@@H](NC(=O)c2noc(Cc3ccccc3)n2)COc2cc3n[nH]nc3cc21. The first-order chi connectivity index (χ1) is 15.1. The van der Waals surface area contributed by atoms with E-state index in [0.29, 0.717) is 34.8 Å². The Balaban J connectivity index is 1.31. The molecule has 0 unspecified atom stereocenters. The molecule has 1 aliphatic heterocycles. The normalized spacial score (nSPS) is 16.0. The number of benzene rings is 2. The number of nitrogens with zero attached hydrogens (tertiary/aromatic N) is 5. The molecule has 2 aromatic carbocycles. The fourth-order valence-electron chi connectivity index (χ4n) is 3.35. The standard InChI is InChI=1S/C20H17N7O4/c1-27-15-8-12-13(24-26-23-12)9-16(15)30-10-14(20(27)29)21-19(28)18-22-17(31-25-18)7-11-5-3-2-4-6-11/h2-6,8-9,14H,7,10H2,1H3,(H,21,28)(H,23,24,26)/t14-/m0/s1. The van der Waals surface area contributed by atoms with E-state index >= 15 is 0 Å². The lowest BCUT2D eigenvalue weighted by Gasteiger charge is -2.19. The Morgan fingerprint density at radius 1 is 1.23 bits per heavy atom. The van der Waals surface area contributed by atoms with E-state index in [9.17, 15) is 9.59 Å². The molecule has 0 bridgehead atoms. The van der Waals surface area contributed by atoms with Crippen molar-refractivity contribution in [3.63, 3.8) is 0 Å². The zero-order valence-electron chi connectivity index (χ0n) is 16.4. The molecular formula is C20H17N7O4. The molecule has 4 aromatic rings. The number of anilines is 1. The van der Waals surface area contributed by atoms with Gasteiger partial charge in [-0.15, -0.1) is 0 Å². The molecular weight excluding hydrogens is 402 g/mol. The fourth-order valence-corrected chi connectivity index (χ4v) is 3.35. The molecule has 11 heteroatoms. The van der Waals surface area contributed by atoms with Crippen molar-refractivity contribution in [2.45, 2.75) is 12.5 Å². The summed E-state index contributed by atoms with van der Waals surface area (Å²) in [6.07, 6.45) is 0.403. The first-order valence-electron chi connectivity index (χ1n) is 9.51. The Bertz CT molecular complexity index is 1270. The lowest BCUT2D eigenvalue weighted by molar-refractivity contribution is -0.120. The van der Waals surface area contributed by atoms with Gasteiger partial charge >= 0.3 is 0 Å². The largest absolute Gasteiger partial charge is 0.489 e. The molecule has 2 N–H and O–H groups in total. The Morgan fingerprint density at radius 2 is 2.00 bits per heavy atom. The molecule has 156 valence electrons. The maximum absolute atomic E-state index is 12.9. The smallest absolute Gasteiger partial charge is 0.293 e. The molecule has 1 atom stereocenters. The molecule has 31 heavy (non-hydrogen) atoms. The highest BCUT2D eigenvalue weighted by molar-refractivity contribution is 6.03. The number of carbonyl (C=O) groups excluding carboxylic acids is 2. The van der Waals surface area contributed by atoms with Crippen molar-refractivity contribution in [3.05, 3.63) is 59.7 Å². The van der Waals surface area contributed by atoms with Crippen LogP contribution in [-0.4, -0.2) is 57.1 Å². The number of ether oxygens (including phenoxy) is 1. The number of aromatic amines is 1. The fraction of sp³-hybridized carbons (Fsp3) is 0.200. The minimum Gasteiger partial charge on any atom is -0.489 e. The van der Waals surface area contributed by atoms with Gasteiger partial charge in [-0.2, -0.15) is 20.4 Å². The number of carbonyl (C=O) groups is 2. The number of nitrogens with one attached hydrogen (secondary N) is 2. The van der Waals surface area contributed by atoms with Crippen LogP contribution in [0.4, 0.5) is 5.69 Å². The highest BCUT2D eigenvalue weighted by Crippen LogP contribution is 2.33. The summed E-state index contributed by atoms with van der Waals surface area (Å²) in [5.74, 6) is -0.339. The van der Waals surface area contributed by atoms with Crippen molar-refractivity contribution in [1.82, 2.24) is 30.9 Å². The minimum atomic E-state index is -0.928. The van der Waals surface area contributed by atoms with Crippen LogP contribution < -0.4 is 15.0 Å². The van der Waals surface area contributed by atoms with Crippen molar-refractivity contribution in [1.29, 1.82) is 0 Å².